The lowest BCUT2D eigenvalue weighted by atomic mass is 10.2. The number of hydrogen-bond donors (Lipinski definition) is 0. The van der Waals surface area contributed by atoms with Crippen molar-refractivity contribution in [2.24, 2.45) is 0 Å². The molecular weight excluding hydrogens is 648 g/mol. The minimum Gasteiger partial charge on any atom is -0.228 e. The van der Waals surface area contributed by atoms with Crippen LogP contribution in [0, 0.1) is 0 Å². The van der Waals surface area contributed by atoms with Gasteiger partial charge in [-0.3, -0.25) is 0 Å². The van der Waals surface area contributed by atoms with Crippen LogP contribution in [0.15, 0.2) is 48.5 Å². The summed E-state index contributed by atoms with van der Waals surface area (Å²) in [6.07, 6.45) is 0. The second-order valence-corrected chi connectivity index (χ2v) is 17.9. The van der Waals surface area contributed by atoms with E-state index in [2.05, 4.69) is 20.4 Å². The molecule has 0 aliphatic rings. The summed E-state index contributed by atoms with van der Waals surface area (Å²) >= 11 is 13.5. The number of aromatic nitrogens is 4. The molecule has 10 nitrogen and oxygen atoms in total. The molecule has 0 radical (unpaired) electrons. The Morgan fingerprint density at radius 2 is 0.718 bits per heavy atom. The van der Waals surface area contributed by atoms with E-state index in [1.54, 1.807) is 48.5 Å². The molecule has 4 rings (SSSR count). The average molecular weight is 668 g/mol. The SMILES string of the molecule is O=S(=O)(Cc1ccc(Cl)cc1)Cc1nnc(CS(=O)(=O)Cc2nnc(CS(=O)(=O)Cc3ccc(Cl)cc3)s2)s1. The van der Waals surface area contributed by atoms with Crippen molar-refractivity contribution in [3.05, 3.63) is 89.7 Å². The summed E-state index contributed by atoms with van der Waals surface area (Å²) in [5, 5.41) is 17.0. The molecule has 0 bridgehead atoms. The van der Waals surface area contributed by atoms with Crippen molar-refractivity contribution in [2.75, 3.05) is 0 Å². The summed E-state index contributed by atoms with van der Waals surface area (Å²) in [7, 11) is -10.9. The first-order valence-corrected chi connectivity index (χ1v) is 18.8. The highest BCUT2D eigenvalue weighted by molar-refractivity contribution is 7.90. The molecule has 0 unspecified atom stereocenters. The third-order valence-electron chi connectivity index (χ3n) is 4.99. The van der Waals surface area contributed by atoms with Gasteiger partial charge in [0.25, 0.3) is 0 Å². The first-order valence-electron chi connectivity index (χ1n) is 11.0. The van der Waals surface area contributed by atoms with Gasteiger partial charge in [-0.2, -0.15) is 0 Å². The van der Waals surface area contributed by atoms with Crippen LogP contribution in [0.25, 0.3) is 0 Å². The highest BCUT2D eigenvalue weighted by Crippen LogP contribution is 2.22. The van der Waals surface area contributed by atoms with Gasteiger partial charge in [0.15, 0.2) is 29.5 Å². The molecule has 0 saturated carbocycles. The van der Waals surface area contributed by atoms with Crippen molar-refractivity contribution >= 4 is 75.4 Å². The van der Waals surface area contributed by atoms with Crippen LogP contribution in [-0.4, -0.2) is 45.6 Å². The van der Waals surface area contributed by atoms with Crippen LogP contribution in [0.4, 0.5) is 0 Å². The summed E-state index contributed by atoms with van der Waals surface area (Å²) in [5.41, 5.74) is 1.14. The highest BCUT2D eigenvalue weighted by Gasteiger charge is 2.23. The maximum Gasteiger partial charge on any atom is 0.163 e. The molecule has 0 spiro atoms. The normalized spacial score (nSPS) is 12.6. The van der Waals surface area contributed by atoms with Gasteiger partial charge in [0.1, 0.15) is 43.0 Å². The molecule has 2 aromatic heterocycles. The summed E-state index contributed by atoms with van der Waals surface area (Å²) in [4.78, 5) is 0. The van der Waals surface area contributed by atoms with Gasteiger partial charge in [0.05, 0.1) is 11.5 Å². The molecule has 0 aliphatic carbocycles. The molecule has 2 heterocycles. The van der Waals surface area contributed by atoms with E-state index in [4.69, 9.17) is 23.2 Å². The minimum atomic E-state index is -3.76. The third-order valence-corrected chi connectivity index (χ3v) is 12.5. The first-order chi connectivity index (χ1) is 18.3. The van der Waals surface area contributed by atoms with Gasteiger partial charge in [0.2, 0.25) is 0 Å². The Labute approximate surface area is 243 Å². The molecule has 4 aromatic rings. The zero-order valence-electron chi connectivity index (χ0n) is 19.9. The highest BCUT2D eigenvalue weighted by atomic mass is 35.5. The van der Waals surface area contributed by atoms with Crippen LogP contribution in [0.1, 0.15) is 31.2 Å². The molecule has 0 atom stereocenters. The number of halogens is 2. The van der Waals surface area contributed by atoms with Crippen LogP contribution < -0.4 is 0 Å². The first kappa shape index (κ1) is 30.0. The summed E-state index contributed by atoms with van der Waals surface area (Å²) in [5.74, 6) is -2.12. The predicted octanol–water partition coefficient (Wildman–Crippen LogP) is 4.04. The maximum atomic E-state index is 12.7. The van der Waals surface area contributed by atoms with Gasteiger partial charge in [0, 0.05) is 10.0 Å². The van der Waals surface area contributed by atoms with Crippen LogP contribution in [0.5, 0.6) is 0 Å². The molecule has 0 aliphatic heterocycles. The molecule has 2 aromatic carbocycles. The largest absolute Gasteiger partial charge is 0.228 e. The molecule has 0 fully saturated rings. The lowest BCUT2D eigenvalue weighted by Gasteiger charge is -2.02. The van der Waals surface area contributed by atoms with E-state index in [-0.39, 0.29) is 43.0 Å². The topological polar surface area (TPSA) is 154 Å². The minimum absolute atomic E-state index is 0.141. The van der Waals surface area contributed by atoms with Gasteiger partial charge in [-0.25, -0.2) is 25.3 Å². The zero-order valence-corrected chi connectivity index (χ0v) is 25.5. The van der Waals surface area contributed by atoms with E-state index < -0.39 is 41.0 Å². The fourth-order valence-corrected chi connectivity index (χ4v) is 11.0. The van der Waals surface area contributed by atoms with Crippen LogP contribution in [-0.2, 0) is 64.0 Å². The Balaban J connectivity index is 1.33. The van der Waals surface area contributed by atoms with Gasteiger partial charge in [-0.1, -0.05) is 70.1 Å². The smallest absolute Gasteiger partial charge is 0.163 e. The van der Waals surface area contributed by atoms with Crippen molar-refractivity contribution in [3.8, 4) is 0 Å². The van der Waals surface area contributed by atoms with E-state index in [0.29, 0.717) is 21.2 Å². The Hall–Kier alpha value is -2.01. The molecule has 0 amide bonds. The van der Waals surface area contributed by atoms with E-state index >= 15 is 0 Å². The number of rotatable bonds is 12. The van der Waals surface area contributed by atoms with Crippen LogP contribution >= 0.6 is 45.9 Å². The zero-order chi connectivity index (χ0) is 28.3. The number of benzene rings is 2. The van der Waals surface area contributed by atoms with Crippen molar-refractivity contribution in [1.82, 2.24) is 20.4 Å². The van der Waals surface area contributed by atoms with E-state index in [0.717, 1.165) is 22.7 Å². The van der Waals surface area contributed by atoms with Crippen LogP contribution in [0.2, 0.25) is 10.0 Å². The number of sulfone groups is 3. The summed E-state index contributed by atoms with van der Waals surface area (Å²) in [6.45, 7) is 0. The molecule has 39 heavy (non-hydrogen) atoms. The Bertz CT molecular complexity index is 1640. The van der Waals surface area contributed by atoms with Crippen LogP contribution in [0.3, 0.4) is 0 Å². The predicted molar refractivity (Wildman–Crippen MR) is 152 cm³/mol. The van der Waals surface area contributed by atoms with Crippen molar-refractivity contribution in [2.45, 2.75) is 34.5 Å². The monoisotopic (exact) mass is 666 g/mol. The maximum absolute atomic E-state index is 12.7. The van der Waals surface area contributed by atoms with Crippen molar-refractivity contribution in [1.29, 1.82) is 0 Å². The van der Waals surface area contributed by atoms with E-state index in [9.17, 15) is 25.3 Å². The number of nitrogens with zero attached hydrogens (tertiary/aromatic N) is 4. The van der Waals surface area contributed by atoms with Crippen molar-refractivity contribution < 1.29 is 25.3 Å². The van der Waals surface area contributed by atoms with Gasteiger partial charge in [-0.05, 0) is 35.4 Å². The van der Waals surface area contributed by atoms with Gasteiger partial charge >= 0.3 is 0 Å². The van der Waals surface area contributed by atoms with Crippen molar-refractivity contribution in [3.63, 3.8) is 0 Å². The fraction of sp³-hybridized carbons (Fsp3) is 0.273. The second-order valence-electron chi connectivity index (χ2n) is 8.53. The third kappa shape index (κ3) is 9.55. The fourth-order valence-electron chi connectivity index (χ4n) is 3.38. The summed E-state index contributed by atoms with van der Waals surface area (Å²) < 4.78 is 75.6. The molecular formula is C22H20Cl2N4O6S5. The van der Waals surface area contributed by atoms with Gasteiger partial charge < -0.3 is 0 Å². The Kier molecular flexibility index (Phi) is 9.41. The number of hydrogen-bond acceptors (Lipinski definition) is 12. The second kappa shape index (κ2) is 12.2. The summed E-state index contributed by atoms with van der Waals surface area (Å²) in [6, 6.07) is 12.9. The lowest BCUT2D eigenvalue weighted by Crippen LogP contribution is -2.07. The quantitative estimate of drug-likeness (QED) is 0.216. The van der Waals surface area contributed by atoms with E-state index in [1.165, 1.54) is 0 Å². The van der Waals surface area contributed by atoms with E-state index in [1.807, 2.05) is 0 Å². The Morgan fingerprint density at radius 3 is 1.00 bits per heavy atom. The molecule has 0 saturated heterocycles. The van der Waals surface area contributed by atoms with Gasteiger partial charge in [-0.15, -0.1) is 20.4 Å². The average Bonchev–Trinajstić information content (AvgIpc) is 3.43. The molecule has 208 valence electrons. The lowest BCUT2D eigenvalue weighted by molar-refractivity contribution is 0.591. The Morgan fingerprint density at radius 1 is 0.462 bits per heavy atom. The molecule has 0 N–H and O–H groups in total. The standard InChI is InChI=1S/C22H20Cl2N4O6S5/c23-17-5-1-15(2-6-17)9-37(29,30)11-19-25-27-21(35-19)13-39(33,34)14-22-28-26-20(36-22)12-38(31,32)10-16-3-7-18(24)8-4-16/h1-8H,9-14H2. The molecule has 17 heteroatoms.